The molecule has 0 aliphatic heterocycles. The number of benzene rings is 1. The van der Waals surface area contributed by atoms with Crippen LogP contribution in [-0.4, -0.2) is 32.6 Å². The molecule has 0 unspecified atom stereocenters. The summed E-state index contributed by atoms with van der Waals surface area (Å²) in [4.78, 5) is 21.5. The van der Waals surface area contributed by atoms with Crippen molar-refractivity contribution >= 4 is 18.0 Å². The maximum Gasteiger partial charge on any atom is 0.216 e. The lowest BCUT2D eigenvalue weighted by Crippen LogP contribution is -2.25. The van der Waals surface area contributed by atoms with E-state index in [-0.39, 0.29) is 5.91 Å². The maximum absolute atomic E-state index is 10.8. The van der Waals surface area contributed by atoms with Gasteiger partial charge in [0.25, 0.3) is 0 Å². The van der Waals surface area contributed by atoms with Gasteiger partial charge in [0, 0.05) is 18.7 Å². The topological polar surface area (TPSA) is 76.7 Å². The summed E-state index contributed by atoms with van der Waals surface area (Å²) in [6.45, 7) is 4.25. The first-order valence-electron chi connectivity index (χ1n) is 6.90. The SMILES string of the molecule is CCCc1cc(OC)c(OCCNC(C)=O)cc1NC=O. The van der Waals surface area contributed by atoms with E-state index in [1.807, 2.05) is 6.07 Å². The number of nitrogens with one attached hydrogen (secondary N) is 2. The second kappa shape index (κ2) is 8.84. The molecule has 0 heterocycles. The zero-order chi connectivity index (χ0) is 15.7. The fourth-order valence-corrected chi connectivity index (χ4v) is 1.94. The lowest BCUT2D eigenvalue weighted by atomic mass is 10.1. The maximum atomic E-state index is 10.8. The quantitative estimate of drug-likeness (QED) is 0.537. The molecule has 6 heteroatoms. The monoisotopic (exact) mass is 294 g/mol. The summed E-state index contributed by atoms with van der Waals surface area (Å²) in [6.07, 6.45) is 2.43. The van der Waals surface area contributed by atoms with Crippen LogP contribution in [-0.2, 0) is 16.0 Å². The van der Waals surface area contributed by atoms with Crippen LogP contribution < -0.4 is 20.1 Å². The van der Waals surface area contributed by atoms with Crippen molar-refractivity contribution in [1.82, 2.24) is 5.32 Å². The van der Waals surface area contributed by atoms with Gasteiger partial charge in [0.1, 0.15) is 6.61 Å². The van der Waals surface area contributed by atoms with Crippen LogP contribution in [0.15, 0.2) is 12.1 Å². The first-order chi connectivity index (χ1) is 10.1. The number of ether oxygens (including phenoxy) is 2. The fraction of sp³-hybridized carbons (Fsp3) is 0.467. The number of rotatable bonds is 9. The molecule has 0 radical (unpaired) electrons. The molecular weight excluding hydrogens is 272 g/mol. The Morgan fingerprint density at radius 2 is 2.10 bits per heavy atom. The van der Waals surface area contributed by atoms with Crippen molar-refractivity contribution in [1.29, 1.82) is 0 Å². The van der Waals surface area contributed by atoms with Gasteiger partial charge in [-0.2, -0.15) is 0 Å². The molecule has 2 N–H and O–H groups in total. The Morgan fingerprint density at radius 3 is 2.67 bits per heavy atom. The first kappa shape index (κ1) is 16.8. The highest BCUT2D eigenvalue weighted by Crippen LogP contribution is 2.34. The van der Waals surface area contributed by atoms with E-state index in [4.69, 9.17) is 9.47 Å². The van der Waals surface area contributed by atoms with Gasteiger partial charge < -0.3 is 20.1 Å². The van der Waals surface area contributed by atoms with Crippen molar-refractivity contribution in [2.45, 2.75) is 26.7 Å². The van der Waals surface area contributed by atoms with E-state index in [2.05, 4.69) is 17.6 Å². The van der Waals surface area contributed by atoms with Crippen molar-refractivity contribution < 1.29 is 19.1 Å². The van der Waals surface area contributed by atoms with E-state index < -0.39 is 0 Å². The molecule has 0 aliphatic rings. The van der Waals surface area contributed by atoms with Gasteiger partial charge in [-0.15, -0.1) is 0 Å². The minimum Gasteiger partial charge on any atom is -0.493 e. The van der Waals surface area contributed by atoms with E-state index in [0.29, 0.717) is 36.7 Å². The molecule has 2 amide bonds. The summed E-state index contributed by atoms with van der Waals surface area (Å²) in [6, 6.07) is 3.61. The molecule has 21 heavy (non-hydrogen) atoms. The number of anilines is 1. The van der Waals surface area contributed by atoms with Gasteiger partial charge in [-0.3, -0.25) is 9.59 Å². The zero-order valence-electron chi connectivity index (χ0n) is 12.7. The van der Waals surface area contributed by atoms with Crippen LogP contribution >= 0.6 is 0 Å². The Labute approximate surface area is 124 Å². The molecule has 0 aliphatic carbocycles. The van der Waals surface area contributed by atoms with Crippen LogP contribution in [0.4, 0.5) is 5.69 Å². The van der Waals surface area contributed by atoms with E-state index in [0.717, 1.165) is 18.4 Å². The van der Waals surface area contributed by atoms with E-state index in [9.17, 15) is 9.59 Å². The van der Waals surface area contributed by atoms with Crippen LogP contribution in [0, 0.1) is 0 Å². The fourth-order valence-electron chi connectivity index (χ4n) is 1.94. The highest BCUT2D eigenvalue weighted by molar-refractivity contribution is 5.75. The first-order valence-corrected chi connectivity index (χ1v) is 6.90. The Kier molecular flexibility index (Phi) is 7.08. The normalized spacial score (nSPS) is 9.86. The second-order valence-electron chi connectivity index (χ2n) is 4.50. The summed E-state index contributed by atoms with van der Waals surface area (Å²) in [5.41, 5.74) is 1.71. The van der Waals surface area contributed by atoms with E-state index in [1.54, 1.807) is 13.2 Å². The van der Waals surface area contributed by atoms with E-state index >= 15 is 0 Å². The second-order valence-corrected chi connectivity index (χ2v) is 4.50. The van der Waals surface area contributed by atoms with Gasteiger partial charge in [-0.25, -0.2) is 0 Å². The van der Waals surface area contributed by atoms with Crippen molar-refractivity contribution in [3.8, 4) is 11.5 Å². The molecule has 6 nitrogen and oxygen atoms in total. The molecule has 116 valence electrons. The van der Waals surface area contributed by atoms with Crippen molar-refractivity contribution in [3.05, 3.63) is 17.7 Å². The Morgan fingerprint density at radius 1 is 1.33 bits per heavy atom. The van der Waals surface area contributed by atoms with Crippen LogP contribution in [0.25, 0.3) is 0 Å². The standard InChI is InChI=1S/C15H22N2O4/c1-4-5-12-8-14(20-3)15(9-13(12)17-10-18)21-7-6-16-11(2)19/h8-10H,4-7H2,1-3H3,(H,16,19)(H,17,18). The van der Waals surface area contributed by atoms with Crippen molar-refractivity contribution in [2.75, 3.05) is 25.6 Å². The van der Waals surface area contributed by atoms with Crippen LogP contribution in [0.5, 0.6) is 11.5 Å². The third-order valence-electron chi connectivity index (χ3n) is 2.86. The Hall–Kier alpha value is -2.24. The largest absolute Gasteiger partial charge is 0.493 e. The van der Waals surface area contributed by atoms with Gasteiger partial charge in [0.15, 0.2) is 11.5 Å². The average molecular weight is 294 g/mol. The van der Waals surface area contributed by atoms with Gasteiger partial charge in [-0.05, 0) is 18.1 Å². The molecule has 0 spiro atoms. The van der Waals surface area contributed by atoms with E-state index in [1.165, 1.54) is 6.92 Å². The predicted molar refractivity (Wildman–Crippen MR) is 80.9 cm³/mol. The predicted octanol–water partition coefficient (Wildman–Crippen LogP) is 1.73. The smallest absolute Gasteiger partial charge is 0.216 e. The number of hydrogen-bond acceptors (Lipinski definition) is 4. The molecule has 1 rings (SSSR count). The molecule has 1 aromatic carbocycles. The minimum atomic E-state index is -0.104. The highest BCUT2D eigenvalue weighted by Gasteiger charge is 2.11. The zero-order valence-corrected chi connectivity index (χ0v) is 12.7. The third kappa shape index (κ3) is 5.33. The third-order valence-corrected chi connectivity index (χ3v) is 2.86. The molecule has 0 fully saturated rings. The van der Waals surface area contributed by atoms with Crippen LogP contribution in [0.1, 0.15) is 25.8 Å². The molecule has 0 bridgehead atoms. The summed E-state index contributed by atoms with van der Waals surface area (Å²) in [5.74, 6) is 1.04. The lowest BCUT2D eigenvalue weighted by molar-refractivity contribution is -0.119. The van der Waals surface area contributed by atoms with Crippen molar-refractivity contribution in [3.63, 3.8) is 0 Å². The summed E-state index contributed by atoms with van der Waals surface area (Å²) in [5, 5.41) is 5.32. The number of carbonyl (C=O) groups excluding carboxylic acids is 2. The summed E-state index contributed by atoms with van der Waals surface area (Å²) < 4.78 is 10.9. The lowest BCUT2D eigenvalue weighted by Gasteiger charge is -2.15. The summed E-state index contributed by atoms with van der Waals surface area (Å²) in [7, 11) is 1.57. The number of aryl methyl sites for hydroxylation is 1. The minimum absolute atomic E-state index is 0.104. The number of amides is 2. The van der Waals surface area contributed by atoms with Gasteiger partial charge >= 0.3 is 0 Å². The number of hydrogen-bond donors (Lipinski definition) is 2. The van der Waals surface area contributed by atoms with Crippen molar-refractivity contribution in [2.24, 2.45) is 0 Å². The van der Waals surface area contributed by atoms with Crippen LogP contribution in [0.3, 0.4) is 0 Å². The molecular formula is C15H22N2O4. The molecule has 0 aromatic heterocycles. The number of methoxy groups -OCH3 is 1. The summed E-state index contributed by atoms with van der Waals surface area (Å²) >= 11 is 0. The molecule has 0 saturated heterocycles. The molecule has 0 atom stereocenters. The van der Waals surface area contributed by atoms with Crippen LogP contribution in [0.2, 0.25) is 0 Å². The average Bonchev–Trinajstić information content (AvgIpc) is 2.46. The van der Waals surface area contributed by atoms with Gasteiger partial charge in [0.05, 0.1) is 13.7 Å². The Bertz CT molecular complexity index is 489. The number of carbonyl (C=O) groups is 2. The van der Waals surface area contributed by atoms with Gasteiger partial charge in [-0.1, -0.05) is 13.3 Å². The molecule has 1 aromatic rings. The Balaban J connectivity index is 2.87. The van der Waals surface area contributed by atoms with Gasteiger partial charge in [0.2, 0.25) is 12.3 Å². The molecule has 0 saturated carbocycles. The highest BCUT2D eigenvalue weighted by atomic mass is 16.5.